The molecule has 2 aromatic rings. The van der Waals surface area contributed by atoms with Gasteiger partial charge in [0.2, 0.25) is 0 Å². The van der Waals surface area contributed by atoms with Crippen LogP contribution in [-0.2, 0) is 11.2 Å². The summed E-state index contributed by atoms with van der Waals surface area (Å²) in [6.45, 7) is 7.03. The lowest BCUT2D eigenvalue weighted by Gasteiger charge is -2.32. The summed E-state index contributed by atoms with van der Waals surface area (Å²) in [5.41, 5.74) is 1.93. The largest absolute Gasteiger partial charge is 0.450 e. The van der Waals surface area contributed by atoms with E-state index in [0.717, 1.165) is 48.2 Å². The summed E-state index contributed by atoms with van der Waals surface area (Å²) >= 11 is 0. The van der Waals surface area contributed by atoms with Gasteiger partial charge in [-0.15, -0.1) is 0 Å². The van der Waals surface area contributed by atoms with Crippen molar-refractivity contribution in [2.45, 2.75) is 39.2 Å². The van der Waals surface area contributed by atoms with Crippen LogP contribution in [0.2, 0.25) is 0 Å². The van der Waals surface area contributed by atoms with Gasteiger partial charge in [0.25, 0.3) is 0 Å². The second-order valence-corrected chi connectivity index (χ2v) is 7.12. The number of fused-ring (bicyclic) bond motifs is 1. The van der Waals surface area contributed by atoms with E-state index in [9.17, 15) is 9.18 Å². The van der Waals surface area contributed by atoms with Crippen LogP contribution in [0.3, 0.4) is 0 Å². The molecule has 0 unspecified atom stereocenters. The number of likely N-dealkylation sites (tertiary alicyclic amines) is 1. The van der Waals surface area contributed by atoms with Gasteiger partial charge in [0.15, 0.2) is 5.96 Å². The lowest BCUT2D eigenvalue weighted by molar-refractivity contribution is 0.0963. The first-order valence-electron chi connectivity index (χ1n) is 10.3. The number of carbonyl (C=O) groups excluding carboxylic acids is 1. The molecule has 1 aliphatic heterocycles. The average Bonchev–Trinajstić information content (AvgIpc) is 3.11. The van der Waals surface area contributed by atoms with Crippen LogP contribution in [-0.4, -0.2) is 60.8 Å². The second-order valence-electron chi connectivity index (χ2n) is 7.12. The number of aromatic amines is 1. The Balaban J connectivity index is 1.53. The van der Waals surface area contributed by atoms with E-state index < -0.39 is 0 Å². The Hall–Kier alpha value is -2.77. The van der Waals surface area contributed by atoms with Crippen molar-refractivity contribution in [3.05, 3.63) is 35.8 Å². The molecule has 1 aliphatic rings. The average molecular weight is 404 g/mol. The molecule has 0 saturated carbocycles. The predicted octanol–water partition coefficient (Wildman–Crippen LogP) is 3.03. The van der Waals surface area contributed by atoms with E-state index in [2.05, 4.69) is 15.6 Å². The quantitative estimate of drug-likeness (QED) is 0.512. The summed E-state index contributed by atoms with van der Waals surface area (Å²) in [5, 5.41) is 7.79. The summed E-state index contributed by atoms with van der Waals surface area (Å²) in [5.74, 6) is 0.546. The number of hydrogen-bond acceptors (Lipinski definition) is 3. The maximum atomic E-state index is 13.3. The van der Waals surface area contributed by atoms with Crippen LogP contribution in [0.1, 0.15) is 32.3 Å². The number of carbonyl (C=O) groups is 1. The number of nitrogens with zero attached hydrogens (tertiary/aromatic N) is 2. The van der Waals surface area contributed by atoms with Crippen molar-refractivity contribution >= 4 is 23.0 Å². The normalized spacial score (nSPS) is 15.6. The van der Waals surface area contributed by atoms with Crippen molar-refractivity contribution in [2.75, 3.05) is 32.8 Å². The fraction of sp³-hybridized carbons (Fsp3) is 0.524. The summed E-state index contributed by atoms with van der Waals surface area (Å²) in [6.07, 6.45) is 4.17. The first-order valence-corrected chi connectivity index (χ1v) is 10.3. The van der Waals surface area contributed by atoms with Gasteiger partial charge in [-0.05, 0) is 56.9 Å². The van der Waals surface area contributed by atoms with Gasteiger partial charge in [-0.2, -0.15) is 0 Å². The minimum Gasteiger partial charge on any atom is -0.450 e. The van der Waals surface area contributed by atoms with Gasteiger partial charge in [-0.1, -0.05) is 0 Å². The van der Waals surface area contributed by atoms with E-state index in [1.807, 2.05) is 20.0 Å². The molecular weight excluding hydrogens is 373 g/mol. The van der Waals surface area contributed by atoms with Crippen molar-refractivity contribution < 1.29 is 13.9 Å². The Morgan fingerprint density at radius 3 is 2.86 bits per heavy atom. The molecule has 1 aromatic carbocycles. The number of nitrogens with one attached hydrogen (secondary N) is 3. The minimum absolute atomic E-state index is 0.231. The molecule has 1 saturated heterocycles. The molecule has 0 spiro atoms. The van der Waals surface area contributed by atoms with Crippen LogP contribution in [0.5, 0.6) is 0 Å². The van der Waals surface area contributed by atoms with Crippen molar-refractivity contribution in [3.8, 4) is 0 Å². The molecule has 1 amide bonds. The highest BCUT2D eigenvalue weighted by atomic mass is 19.1. The lowest BCUT2D eigenvalue weighted by Crippen LogP contribution is -2.50. The summed E-state index contributed by atoms with van der Waals surface area (Å²) in [7, 11) is 0. The smallest absolute Gasteiger partial charge is 0.409 e. The molecule has 3 N–H and O–H groups in total. The topological polar surface area (TPSA) is 81.8 Å². The number of rotatable bonds is 6. The maximum Gasteiger partial charge on any atom is 0.409 e. The molecule has 3 rings (SSSR count). The number of aliphatic imine (C=N–C) groups is 1. The monoisotopic (exact) mass is 403 g/mol. The minimum atomic E-state index is -0.239. The van der Waals surface area contributed by atoms with Crippen molar-refractivity contribution in [1.82, 2.24) is 20.5 Å². The molecule has 158 valence electrons. The van der Waals surface area contributed by atoms with Gasteiger partial charge in [-0.3, -0.25) is 4.99 Å². The second kappa shape index (κ2) is 10.1. The third-order valence-corrected chi connectivity index (χ3v) is 5.09. The lowest BCUT2D eigenvalue weighted by atomic mass is 10.1. The van der Waals surface area contributed by atoms with Crippen LogP contribution in [0.15, 0.2) is 29.4 Å². The standard InChI is InChI=1S/C21H30FN5O2/c1-3-23-20(26-17-8-11-27(12-9-17)21(28)29-4-2)24-10-7-15-14-25-19-13-16(22)5-6-18(15)19/h5-6,13-14,17,25H,3-4,7-12H2,1-2H3,(H2,23,24,26). The Labute approximate surface area is 170 Å². The number of aromatic nitrogens is 1. The van der Waals surface area contributed by atoms with Crippen LogP contribution in [0.25, 0.3) is 10.9 Å². The van der Waals surface area contributed by atoms with E-state index in [-0.39, 0.29) is 18.0 Å². The molecule has 1 fully saturated rings. The van der Waals surface area contributed by atoms with Gasteiger partial charge in [0.1, 0.15) is 5.82 Å². The first-order chi connectivity index (χ1) is 14.1. The highest BCUT2D eigenvalue weighted by Gasteiger charge is 2.24. The zero-order chi connectivity index (χ0) is 20.6. The number of benzene rings is 1. The van der Waals surface area contributed by atoms with Gasteiger partial charge in [-0.25, -0.2) is 9.18 Å². The number of halogens is 1. The Morgan fingerprint density at radius 1 is 1.34 bits per heavy atom. The van der Waals surface area contributed by atoms with Gasteiger partial charge >= 0.3 is 6.09 Å². The Morgan fingerprint density at radius 2 is 2.14 bits per heavy atom. The number of guanidine groups is 1. The molecule has 0 radical (unpaired) electrons. The van der Waals surface area contributed by atoms with E-state index in [4.69, 9.17) is 9.73 Å². The number of ether oxygens (including phenoxy) is 1. The third-order valence-electron chi connectivity index (χ3n) is 5.09. The Kier molecular flexibility index (Phi) is 7.32. The summed E-state index contributed by atoms with van der Waals surface area (Å²) < 4.78 is 18.4. The molecular formula is C21H30FN5O2. The number of amides is 1. The summed E-state index contributed by atoms with van der Waals surface area (Å²) in [4.78, 5) is 21.4. The number of hydrogen-bond donors (Lipinski definition) is 3. The van der Waals surface area contributed by atoms with E-state index in [1.54, 1.807) is 11.0 Å². The number of H-pyrrole nitrogens is 1. The molecule has 29 heavy (non-hydrogen) atoms. The zero-order valence-electron chi connectivity index (χ0n) is 17.1. The fourth-order valence-corrected chi connectivity index (χ4v) is 3.59. The fourth-order valence-electron chi connectivity index (χ4n) is 3.59. The van der Waals surface area contributed by atoms with Crippen molar-refractivity contribution in [3.63, 3.8) is 0 Å². The molecule has 2 heterocycles. The van der Waals surface area contributed by atoms with Gasteiger partial charge in [0, 0.05) is 49.3 Å². The van der Waals surface area contributed by atoms with Gasteiger partial charge < -0.3 is 25.3 Å². The molecule has 8 heteroatoms. The highest BCUT2D eigenvalue weighted by molar-refractivity contribution is 5.83. The van der Waals surface area contributed by atoms with E-state index in [0.29, 0.717) is 26.2 Å². The molecule has 7 nitrogen and oxygen atoms in total. The number of piperidine rings is 1. The van der Waals surface area contributed by atoms with Crippen LogP contribution in [0, 0.1) is 5.82 Å². The molecule has 0 aliphatic carbocycles. The first kappa shape index (κ1) is 21.0. The van der Waals surface area contributed by atoms with Crippen LogP contribution < -0.4 is 10.6 Å². The molecule has 0 bridgehead atoms. The molecule has 0 atom stereocenters. The third kappa shape index (κ3) is 5.62. The maximum absolute atomic E-state index is 13.3. The molecule has 1 aromatic heterocycles. The zero-order valence-corrected chi connectivity index (χ0v) is 17.1. The van der Waals surface area contributed by atoms with Crippen LogP contribution in [0.4, 0.5) is 9.18 Å². The van der Waals surface area contributed by atoms with Crippen molar-refractivity contribution in [2.24, 2.45) is 4.99 Å². The van der Waals surface area contributed by atoms with Gasteiger partial charge in [0.05, 0.1) is 6.61 Å². The Bertz CT molecular complexity index is 843. The SMILES string of the molecule is CCNC(=NCCc1c[nH]c2cc(F)ccc12)NC1CCN(C(=O)OCC)CC1. The van der Waals surface area contributed by atoms with Crippen molar-refractivity contribution in [1.29, 1.82) is 0 Å². The highest BCUT2D eigenvalue weighted by Crippen LogP contribution is 2.19. The van der Waals surface area contributed by atoms with Crippen LogP contribution >= 0.6 is 0 Å². The summed E-state index contributed by atoms with van der Waals surface area (Å²) in [6, 6.07) is 5.07. The van der Waals surface area contributed by atoms with E-state index >= 15 is 0 Å². The van der Waals surface area contributed by atoms with E-state index in [1.165, 1.54) is 12.1 Å². The predicted molar refractivity (Wildman–Crippen MR) is 113 cm³/mol.